The van der Waals surface area contributed by atoms with Gasteiger partial charge >= 0.3 is 0 Å². The summed E-state index contributed by atoms with van der Waals surface area (Å²) in [6.07, 6.45) is 0. The van der Waals surface area contributed by atoms with Gasteiger partial charge in [-0.25, -0.2) is 0 Å². The zero-order chi connectivity index (χ0) is 14.5. The molecule has 0 aromatic heterocycles. The zero-order valence-electron chi connectivity index (χ0n) is 12.0. The van der Waals surface area contributed by atoms with Gasteiger partial charge in [0.2, 0.25) is 0 Å². The van der Waals surface area contributed by atoms with Gasteiger partial charge < -0.3 is 10.1 Å². The average molecular weight is 298 g/mol. The molecule has 0 saturated heterocycles. The minimum Gasteiger partial charge on any atom is -0.494 e. The normalized spacial score (nSPS) is 17.4. The summed E-state index contributed by atoms with van der Waals surface area (Å²) in [6.45, 7) is 2.67. The highest BCUT2D eigenvalue weighted by atomic mass is 32.2. The van der Waals surface area contributed by atoms with Crippen LogP contribution in [0.3, 0.4) is 0 Å². The molecule has 0 aliphatic carbocycles. The molecule has 0 amide bonds. The van der Waals surface area contributed by atoms with Crippen molar-refractivity contribution in [2.45, 2.75) is 13.0 Å². The lowest BCUT2D eigenvalue weighted by molar-refractivity contribution is 0.340. The van der Waals surface area contributed by atoms with E-state index >= 15 is 0 Å². The van der Waals surface area contributed by atoms with Crippen LogP contribution in [0, 0.1) is 0 Å². The van der Waals surface area contributed by atoms with Crippen LogP contribution in [0.25, 0.3) is 0 Å². The Morgan fingerprint density at radius 3 is 2.62 bits per heavy atom. The number of nitrogens with zero attached hydrogens (tertiary/aromatic N) is 1. The Morgan fingerprint density at radius 1 is 1.14 bits per heavy atom. The number of hydrogen-bond donors (Lipinski definition) is 1. The van der Waals surface area contributed by atoms with Gasteiger partial charge in [-0.3, -0.25) is 4.99 Å². The first kappa shape index (κ1) is 14.0. The molecule has 4 heteroatoms. The fraction of sp³-hybridized carbons (Fsp3) is 0.235. The third-order valence-corrected chi connectivity index (χ3v) is 4.22. The van der Waals surface area contributed by atoms with E-state index in [0.29, 0.717) is 6.61 Å². The van der Waals surface area contributed by atoms with Gasteiger partial charge in [0, 0.05) is 11.4 Å². The summed E-state index contributed by atoms with van der Waals surface area (Å²) in [5.41, 5.74) is 2.31. The van der Waals surface area contributed by atoms with E-state index in [9.17, 15) is 0 Å². The van der Waals surface area contributed by atoms with Gasteiger partial charge in [0.25, 0.3) is 0 Å². The summed E-state index contributed by atoms with van der Waals surface area (Å²) >= 11 is 1.76. The molecule has 21 heavy (non-hydrogen) atoms. The Hall–Kier alpha value is -1.94. The molecule has 0 saturated carbocycles. The third-order valence-electron chi connectivity index (χ3n) is 3.25. The monoisotopic (exact) mass is 298 g/mol. The maximum Gasteiger partial charge on any atom is 0.161 e. The molecule has 1 atom stereocenters. The molecule has 1 aliphatic heterocycles. The predicted molar refractivity (Wildman–Crippen MR) is 90.3 cm³/mol. The van der Waals surface area contributed by atoms with Gasteiger partial charge in [0.1, 0.15) is 5.75 Å². The van der Waals surface area contributed by atoms with Gasteiger partial charge in [0.15, 0.2) is 5.17 Å². The maximum atomic E-state index is 5.44. The van der Waals surface area contributed by atoms with Crippen LogP contribution in [0.2, 0.25) is 0 Å². The maximum absolute atomic E-state index is 5.44. The zero-order valence-corrected chi connectivity index (χ0v) is 12.8. The molecule has 0 bridgehead atoms. The fourth-order valence-electron chi connectivity index (χ4n) is 2.21. The molecular weight excluding hydrogens is 280 g/mol. The second-order valence-corrected chi connectivity index (χ2v) is 5.76. The molecule has 2 aromatic carbocycles. The Balaban J connectivity index is 1.65. The first-order valence-corrected chi connectivity index (χ1v) is 8.09. The lowest BCUT2D eigenvalue weighted by Crippen LogP contribution is -2.04. The van der Waals surface area contributed by atoms with Crippen LogP contribution in [-0.2, 0) is 0 Å². The van der Waals surface area contributed by atoms with Crippen molar-refractivity contribution in [2.75, 3.05) is 17.7 Å². The first-order valence-electron chi connectivity index (χ1n) is 7.10. The molecule has 0 fully saturated rings. The van der Waals surface area contributed by atoms with Gasteiger partial charge in [-0.05, 0) is 36.8 Å². The topological polar surface area (TPSA) is 33.6 Å². The number of amidine groups is 1. The number of thioether (sulfide) groups is 1. The van der Waals surface area contributed by atoms with Gasteiger partial charge in [-0.15, -0.1) is 0 Å². The standard InChI is InChI=1S/C17H18N2OS/c1-2-20-15-10-8-14(9-11-15)18-17-19-16(12-21-17)13-6-4-3-5-7-13/h3-11,16H,2,12H2,1H3,(H,18,19). The van der Waals surface area contributed by atoms with Crippen molar-refractivity contribution >= 4 is 22.6 Å². The Bertz CT molecular complexity index is 610. The van der Waals surface area contributed by atoms with Crippen molar-refractivity contribution in [3.8, 4) is 5.75 Å². The van der Waals surface area contributed by atoms with Gasteiger partial charge in [0.05, 0.1) is 12.6 Å². The number of rotatable bonds is 4. The van der Waals surface area contributed by atoms with E-state index in [2.05, 4.69) is 29.6 Å². The van der Waals surface area contributed by atoms with Crippen LogP contribution < -0.4 is 10.1 Å². The second-order valence-electron chi connectivity index (χ2n) is 4.75. The molecule has 1 heterocycles. The number of ether oxygens (including phenoxy) is 1. The summed E-state index contributed by atoms with van der Waals surface area (Å²) in [6, 6.07) is 18.7. The lowest BCUT2D eigenvalue weighted by atomic mass is 10.1. The van der Waals surface area contributed by atoms with Crippen molar-refractivity contribution in [2.24, 2.45) is 4.99 Å². The van der Waals surface area contributed by atoms with Crippen molar-refractivity contribution in [3.63, 3.8) is 0 Å². The van der Waals surface area contributed by atoms with Crippen LogP contribution in [-0.4, -0.2) is 17.5 Å². The largest absolute Gasteiger partial charge is 0.494 e. The first-order chi connectivity index (χ1) is 10.3. The molecule has 1 N–H and O–H groups in total. The Labute approximate surface area is 129 Å². The molecule has 2 aromatic rings. The fourth-order valence-corrected chi connectivity index (χ4v) is 3.19. The second kappa shape index (κ2) is 6.68. The van der Waals surface area contributed by atoms with Crippen LogP contribution in [0.15, 0.2) is 59.6 Å². The summed E-state index contributed by atoms with van der Waals surface area (Å²) in [5, 5.41) is 4.35. The quantitative estimate of drug-likeness (QED) is 0.911. The molecule has 3 nitrogen and oxygen atoms in total. The summed E-state index contributed by atoms with van der Waals surface area (Å²) in [5.74, 6) is 1.88. The summed E-state index contributed by atoms with van der Waals surface area (Å²) < 4.78 is 5.44. The van der Waals surface area contributed by atoms with E-state index in [1.54, 1.807) is 11.8 Å². The van der Waals surface area contributed by atoms with Gasteiger partial charge in [-0.1, -0.05) is 42.1 Å². The third kappa shape index (κ3) is 3.58. The smallest absolute Gasteiger partial charge is 0.161 e. The molecule has 0 radical (unpaired) electrons. The van der Waals surface area contributed by atoms with Crippen LogP contribution in [0.5, 0.6) is 5.75 Å². The van der Waals surface area contributed by atoms with Crippen molar-refractivity contribution in [1.29, 1.82) is 0 Å². The minimum atomic E-state index is 0.251. The van der Waals surface area contributed by atoms with Crippen LogP contribution in [0.4, 0.5) is 5.69 Å². The average Bonchev–Trinajstić information content (AvgIpc) is 2.99. The Kier molecular flexibility index (Phi) is 4.46. The lowest BCUT2D eigenvalue weighted by Gasteiger charge is -2.07. The SMILES string of the molecule is CCOc1ccc(NC2=NC(c3ccccc3)CS2)cc1. The summed E-state index contributed by atoms with van der Waals surface area (Å²) in [7, 11) is 0. The van der Waals surface area contributed by atoms with Crippen molar-refractivity contribution in [3.05, 3.63) is 60.2 Å². The predicted octanol–water partition coefficient (Wildman–Crippen LogP) is 4.34. The van der Waals surface area contributed by atoms with Crippen molar-refractivity contribution in [1.82, 2.24) is 0 Å². The number of benzene rings is 2. The van der Waals surface area contributed by atoms with E-state index < -0.39 is 0 Å². The number of aliphatic imine (C=N–C) groups is 1. The van der Waals surface area contributed by atoms with Crippen LogP contribution >= 0.6 is 11.8 Å². The minimum absolute atomic E-state index is 0.251. The highest BCUT2D eigenvalue weighted by molar-refractivity contribution is 8.14. The van der Waals surface area contributed by atoms with Gasteiger partial charge in [-0.2, -0.15) is 0 Å². The van der Waals surface area contributed by atoms with E-state index in [-0.39, 0.29) is 6.04 Å². The highest BCUT2D eigenvalue weighted by Gasteiger charge is 2.19. The molecule has 0 spiro atoms. The van der Waals surface area contributed by atoms with E-state index in [0.717, 1.165) is 22.4 Å². The molecule has 3 rings (SSSR count). The Morgan fingerprint density at radius 2 is 1.90 bits per heavy atom. The molecule has 108 valence electrons. The molecule has 1 unspecified atom stereocenters. The highest BCUT2D eigenvalue weighted by Crippen LogP contribution is 2.30. The van der Waals surface area contributed by atoms with Crippen molar-refractivity contribution < 1.29 is 4.74 Å². The van der Waals surface area contributed by atoms with Crippen LogP contribution in [0.1, 0.15) is 18.5 Å². The van der Waals surface area contributed by atoms with E-state index in [1.807, 2.05) is 37.3 Å². The van der Waals surface area contributed by atoms with E-state index in [4.69, 9.17) is 9.73 Å². The number of hydrogen-bond acceptors (Lipinski definition) is 4. The number of nitrogens with one attached hydrogen (secondary N) is 1. The summed E-state index contributed by atoms with van der Waals surface area (Å²) in [4.78, 5) is 4.75. The molecular formula is C17H18N2OS. The number of anilines is 1. The van der Waals surface area contributed by atoms with E-state index in [1.165, 1.54) is 5.56 Å². The molecule has 1 aliphatic rings.